The quantitative estimate of drug-likeness (QED) is 0.867. The lowest BCUT2D eigenvalue weighted by atomic mass is 10.2. The standard InChI is InChI=1S/C13H16F3N3O2S/c1-19(2)11-5-4-10(9-17)12(8-11)18-22(20,21)7-3-6-13(14,15)16/h4-5,8,18H,3,6-7H2,1-2H3. The minimum Gasteiger partial charge on any atom is -0.378 e. The summed E-state index contributed by atoms with van der Waals surface area (Å²) in [6.07, 6.45) is -6.09. The monoisotopic (exact) mass is 335 g/mol. The molecule has 0 heterocycles. The number of rotatable bonds is 6. The van der Waals surface area contributed by atoms with Gasteiger partial charge in [-0.1, -0.05) is 0 Å². The molecule has 0 aliphatic carbocycles. The van der Waals surface area contributed by atoms with Crippen LogP contribution in [0.1, 0.15) is 18.4 Å². The van der Waals surface area contributed by atoms with Crippen molar-refractivity contribution in [1.29, 1.82) is 5.26 Å². The Morgan fingerprint density at radius 3 is 2.45 bits per heavy atom. The maximum absolute atomic E-state index is 12.1. The third-order valence-electron chi connectivity index (χ3n) is 2.78. The Morgan fingerprint density at radius 1 is 1.32 bits per heavy atom. The van der Waals surface area contributed by atoms with Gasteiger partial charge >= 0.3 is 6.18 Å². The normalized spacial score (nSPS) is 11.8. The van der Waals surface area contributed by atoms with Gasteiger partial charge in [-0.3, -0.25) is 4.72 Å². The molecule has 0 amide bonds. The molecule has 1 N–H and O–H groups in total. The van der Waals surface area contributed by atoms with Crippen LogP contribution < -0.4 is 9.62 Å². The molecule has 0 saturated heterocycles. The Balaban J connectivity index is 2.88. The molecule has 0 radical (unpaired) electrons. The zero-order valence-corrected chi connectivity index (χ0v) is 12.9. The minimum atomic E-state index is -4.39. The van der Waals surface area contributed by atoms with E-state index in [9.17, 15) is 21.6 Å². The van der Waals surface area contributed by atoms with E-state index in [4.69, 9.17) is 5.26 Å². The number of sulfonamides is 1. The second-order valence-electron chi connectivity index (χ2n) is 4.88. The lowest BCUT2D eigenvalue weighted by Gasteiger charge is -2.16. The Morgan fingerprint density at radius 2 is 1.95 bits per heavy atom. The third kappa shape index (κ3) is 5.81. The topological polar surface area (TPSA) is 73.2 Å². The molecule has 0 aliphatic rings. The zero-order chi connectivity index (χ0) is 17.0. The number of hydrogen-bond acceptors (Lipinski definition) is 4. The number of halogens is 3. The summed E-state index contributed by atoms with van der Waals surface area (Å²) in [6, 6.07) is 6.38. The van der Waals surface area contributed by atoms with Crippen LogP contribution in [0, 0.1) is 11.3 Å². The number of nitrogens with zero attached hydrogens (tertiary/aromatic N) is 2. The van der Waals surface area contributed by atoms with Gasteiger partial charge in [0.1, 0.15) is 6.07 Å². The maximum atomic E-state index is 12.1. The van der Waals surface area contributed by atoms with Crippen molar-refractivity contribution in [2.45, 2.75) is 19.0 Å². The van der Waals surface area contributed by atoms with E-state index in [0.29, 0.717) is 5.69 Å². The van der Waals surface area contributed by atoms with Crippen LogP contribution in [0.5, 0.6) is 0 Å². The smallest absolute Gasteiger partial charge is 0.378 e. The molecule has 122 valence electrons. The second kappa shape index (κ2) is 6.87. The van der Waals surface area contributed by atoms with Crippen molar-refractivity contribution in [2.75, 3.05) is 29.5 Å². The number of hydrogen-bond donors (Lipinski definition) is 1. The van der Waals surface area contributed by atoms with Gasteiger partial charge in [0.25, 0.3) is 0 Å². The van der Waals surface area contributed by atoms with Crippen molar-refractivity contribution in [2.24, 2.45) is 0 Å². The number of alkyl halides is 3. The first-order chi connectivity index (χ1) is 10.0. The van der Waals surface area contributed by atoms with Gasteiger partial charge in [0, 0.05) is 26.2 Å². The van der Waals surface area contributed by atoms with E-state index in [0.717, 1.165) is 0 Å². The Labute approximate surface area is 127 Å². The van der Waals surface area contributed by atoms with E-state index in [1.54, 1.807) is 25.1 Å². The van der Waals surface area contributed by atoms with Gasteiger partial charge in [0.15, 0.2) is 0 Å². The van der Waals surface area contributed by atoms with Gasteiger partial charge in [-0.25, -0.2) is 8.42 Å². The first-order valence-electron chi connectivity index (χ1n) is 6.33. The van der Waals surface area contributed by atoms with Crippen LogP contribution in [-0.4, -0.2) is 34.4 Å². The van der Waals surface area contributed by atoms with Gasteiger partial charge in [-0.2, -0.15) is 18.4 Å². The van der Waals surface area contributed by atoms with Crippen LogP contribution >= 0.6 is 0 Å². The van der Waals surface area contributed by atoms with Crippen molar-refractivity contribution in [3.05, 3.63) is 23.8 Å². The predicted octanol–water partition coefficient (Wildman–Crippen LogP) is 2.71. The van der Waals surface area contributed by atoms with Crippen molar-refractivity contribution in [1.82, 2.24) is 0 Å². The lowest BCUT2D eigenvalue weighted by Crippen LogP contribution is -2.20. The number of nitrogens with one attached hydrogen (secondary N) is 1. The molecular weight excluding hydrogens is 319 g/mol. The first-order valence-corrected chi connectivity index (χ1v) is 7.98. The number of anilines is 2. The third-order valence-corrected chi connectivity index (χ3v) is 4.14. The summed E-state index contributed by atoms with van der Waals surface area (Å²) in [5.74, 6) is -0.663. The average molecular weight is 335 g/mol. The molecule has 1 aromatic carbocycles. The first kappa shape index (κ1) is 18.1. The number of benzene rings is 1. The van der Waals surface area contributed by atoms with Gasteiger partial charge in [0.2, 0.25) is 10.0 Å². The van der Waals surface area contributed by atoms with Crippen LogP contribution in [0.2, 0.25) is 0 Å². The van der Waals surface area contributed by atoms with Crippen molar-refractivity contribution >= 4 is 21.4 Å². The number of nitriles is 1. The molecule has 1 rings (SSSR count). The summed E-state index contributed by atoms with van der Waals surface area (Å²) in [7, 11) is -0.474. The highest BCUT2D eigenvalue weighted by Gasteiger charge is 2.27. The van der Waals surface area contributed by atoms with Gasteiger partial charge in [-0.05, 0) is 24.6 Å². The van der Waals surface area contributed by atoms with Gasteiger partial charge < -0.3 is 4.90 Å². The molecule has 0 bridgehead atoms. The van der Waals surface area contributed by atoms with Crippen LogP contribution in [0.3, 0.4) is 0 Å². The van der Waals surface area contributed by atoms with Crippen LogP contribution in [0.15, 0.2) is 18.2 Å². The fourth-order valence-corrected chi connectivity index (χ4v) is 2.80. The van der Waals surface area contributed by atoms with Crippen LogP contribution in [0.4, 0.5) is 24.5 Å². The summed E-state index contributed by atoms with van der Waals surface area (Å²) in [5.41, 5.74) is 0.817. The Kier molecular flexibility index (Phi) is 5.65. The van der Waals surface area contributed by atoms with E-state index in [2.05, 4.69) is 4.72 Å². The average Bonchev–Trinajstić information content (AvgIpc) is 2.36. The highest BCUT2D eigenvalue weighted by Crippen LogP contribution is 2.25. The highest BCUT2D eigenvalue weighted by molar-refractivity contribution is 7.92. The molecule has 0 atom stereocenters. The Bertz CT molecular complexity index is 664. The molecule has 9 heteroatoms. The maximum Gasteiger partial charge on any atom is 0.389 e. The molecule has 0 fully saturated rings. The summed E-state index contributed by atoms with van der Waals surface area (Å²) in [6.45, 7) is 0. The molecule has 22 heavy (non-hydrogen) atoms. The SMILES string of the molecule is CN(C)c1ccc(C#N)c(NS(=O)(=O)CCCC(F)(F)F)c1. The fraction of sp³-hybridized carbons (Fsp3) is 0.462. The molecule has 0 unspecified atom stereocenters. The summed E-state index contributed by atoms with van der Waals surface area (Å²) < 4.78 is 62.0. The van der Waals surface area contributed by atoms with Crippen molar-refractivity contribution in [3.8, 4) is 6.07 Å². The summed E-state index contributed by atoms with van der Waals surface area (Å²) >= 11 is 0. The molecule has 1 aromatic rings. The lowest BCUT2D eigenvalue weighted by molar-refractivity contribution is -0.134. The molecular formula is C13H16F3N3O2S. The largest absolute Gasteiger partial charge is 0.389 e. The van der Waals surface area contributed by atoms with Crippen LogP contribution in [-0.2, 0) is 10.0 Å². The summed E-state index contributed by atoms with van der Waals surface area (Å²) in [5, 5.41) is 8.98. The predicted molar refractivity (Wildman–Crippen MR) is 78.2 cm³/mol. The molecule has 5 nitrogen and oxygen atoms in total. The van der Waals surface area contributed by atoms with E-state index in [-0.39, 0.29) is 11.3 Å². The zero-order valence-electron chi connectivity index (χ0n) is 12.1. The van der Waals surface area contributed by atoms with E-state index < -0.39 is 34.8 Å². The van der Waals surface area contributed by atoms with Crippen molar-refractivity contribution in [3.63, 3.8) is 0 Å². The summed E-state index contributed by atoms with van der Waals surface area (Å²) in [4.78, 5) is 1.71. The second-order valence-corrected chi connectivity index (χ2v) is 6.72. The van der Waals surface area contributed by atoms with Crippen LogP contribution in [0.25, 0.3) is 0 Å². The van der Waals surface area contributed by atoms with E-state index >= 15 is 0 Å². The van der Waals surface area contributed by atoms with E-state index in [1.807, 2.05) is 6.07 Å². The molecule has 0 aromatic heterocycles. The Hall–Kier alpha value is -1.95. The molecule has 0 aliphatic heterocycles. The minimum absolute atomic E-state index is 0.0562. The van der Waals surface area contributed by atoms with Crippen molar-refractivity contribution < 1.29 is 21.6 Å². The fourth-order valence-electron chi connectivity index (χ4n) is 1.67. The molecule has 0 spiro atoms. The molecule has 0 saturated carbocycles. The highest BCUT2D eigenvalue weighted by atomic mass is 32.2. The van der Waals surface area contributed by atoms with Gasteiger partial charge in [-0.15, -0.1) is 0 Å². The van der Waals surface area contributed by atoms with Gasteiger partial charge in [0.05, 0.1) is 17.0 Å². The van der Waals surface area contributed by atoms with E-state index in [1.165, 1.54) is 12.1 Å².